The molecule has 0 heterocycles. The van der Waals surface area contributed by atoms with E-state index in [2.05, 4.69) is 99.0 Å². The fourth-order valence-electron chi connectivity index (χ4n) is 2.92. The second kappa shape index (κ2) is 27.2. The van der Waals surface area contributed by atoms with Crippen molar-refractivity contribution in [3.63, 3.8) is 0 Å². The Morgan fingerprint density at radius 3 is 0.810 bits per heavy atom. The molecule has 3 nitrogen and oxygen atoms in total. The predicted molar refractivity (Wildman–Crippen MR) is 169 cm³/mol. The van der Waals surface area contributed by atoms with Crippen molar-refractivity contribution < 1.29 is 52.5 Å². The van der Waals surface area contributed by atoms with Crippen LogP contribution in [0.4, 0.5) is 26.3 Å². The second-order valence-corrected chi connectivity index (χ2v) is 15.7. The molecule has 0 amide bonds. The van der Waals surface area contributed by atoms with Gasteiger partial charge >= 0.3 is 37.8 Å². The first-order chi connectivity index (χ1) is 18.6. The van der Waals surface area contributed by atoms with Crippen LogP contribution in [0.3, 0.4) is 0 Å². The molecule has 0 N–H and O–H groups in total. The fraction of sp³-hybridized carbons (Fsp3) is 0.839. The minimum absolute atomic E-state index is 0. The average molecular weight is 707 g/mol. The Bertz CT molecular complexity index is 596. The van der Waals surface area contributed by atoms with Crippen molar-refractivity contribution in [1.29, 1.82) is 0 Å². The van der Waals surface area contributed by atoms with Gasteiger partial charge in [0.1, 0.15) is 0 Å². The number of hydrogen-bond donors (Lipinski definition) is 0. The molecule has 0 atom stereocenters. The molecule has 0 aliphatic rings. The molecule has 42 heavy (non-hydrogen) atoms. The molecule has 0 saturated heterocycles. The Morgan fingerprint density at radius 1 is 0.476 bits per heavy atom. The quantitative estimate of drug-likeness (QED) is 0.111. The number of halogens is 6. The standard InChI is InChI=1S/3C8H18N.C7H5F6Si.Zr/c3*1-7(2)5-9-6-8(3)4;8-6(9,10)14(7(11,12)13)5-3-1-2-4-5;/h3*7-8H,5-6H2,1-4H3;1-4,14H;/q4*-1;+4. The summed E-state index contributed by atoms with van der Waals surface area (Å²) in [6.07, 6.45) is 0. The number of alkyl halides is 6. The van der Waals surface area contributed by atoms with Gasteiger partial charge in [0.05, 0.1) is 0 Å². The molecule has 0 fully saturated rings. The van der Waals surface area contributed by atoms with Crippen LogP contribution in [0.2, 0.25) is 0 Å². The predicted octanol–water partition coefficient (Wildman–Crippen LogP) is 10.1. The maximum absolute atomic E-state index is 12.1. The summed E-state index contributed by atoms with van der Waals surface area (Å²) in [6, 6.07) is 4.09. The molecule has 11 heteroatoms. The van der Waals surface area contributed by atoms with Gasteiger partial charge in [-0.1, -0.05) is 119 Å². The zero-order valence-corrected chi connectivity index (χ0v) is 31.8. The summed E-state index contributed by atoms with van der Waals surface area (Å²) in [4.78, 5) is 0. The van der Waals surface area contributed by atoms with Gasteiger partial charge in [0.2, 0.25) is 0 Å². The van der Waals surface area contributed by atoms with E-state index in [1.54, 1.807) is 0 Å². The van der Waals surface area contributed by atoms with Crippen LogP contribution in [0.15, 0.2) is 24.3 Å². The Labute approximate surface area is 275 Å². The second-order valence-electron chi connectivity index (χ2n) is 12.9. The van der Waals surface area contributed by atoms with Crippen LogP contribution in [-0.4, -0.2) is 59.7 Å². The van der Waals surface area contributed by atoms with E-state index in [1.165, 1.54) is 12.1 Å². The van der Waals surface area contributed by atoms with E-state index in [9.17, 15) is 26.3 Å². The van der Waals surface area contributed by atoms with Gasteiger partial charge in [0.15, 0.2) is 0 Å². The monoisotopic (exact) mass is 705 g/mol. The molecule has 0 radical (unpaired) electrons. The molecule has 0 aliphatic carbocycles. The summed E-state index contributed by atoms with van der Waals surface area (Å²) in [5, 5.41) is 12.5. The van der Waals surface area contributed by atoms with Gasteiger partial charge in [0.25, 0.3) is 8.80 Å². The van der Waals surface area contributed by atoms with Crippen LogP contribution >= 0.6 is 0 Å². The molecule has 0 aromatic heterocycles. The largest absolute Gasteiger partial charge is 4.00 e. The van der Waals surface area contributed by atoms with Gasteiger partial charge in [-0.15, -0.1) is 44.5 Å². The van der Waals surface area contributed by atoms with Gasteiger partial charge in [-0.25, -0.2) is 12.1 Å². The smallest absolute Gasteiger partial charge is 0.662 e. The van der Waals surface area contributed by atoms with Gasteiger partial charge < -0.3 is 16.0 Å². The van der Waals surface area contributed by atoms with Crippen LogP contribution in [0.1, 0.15) is 83.1 Å². The minimum atomic E-state index is -5.16. The first-order valence-corrected chi connectivity index (χ1v) is 16.6. The van der Waals surface area contributed by atoms with E-state index in [1.807, 2.05) is 0 Å². The van der Waals surface area contributed by atoms with Crippen molar-refractivity contribution >= 4 is 14.0 Å². The maximum atomic E-state index is 12.1. The number of nitrogens with zero attached hydrogens (tertiary/aromatic N) is 3. The molecule has 0 saturated carbocycles. The fourth-order valence-corrected chi connectivity index (χ4v) is 4.65. The molecule has 0 spiro atoms. The van der Waals surface area contributed by atoms with Crippen molar-refractivity contribution in [3.8, 4) is 0 Å². The third-order valence-corrected chi connectivity index (χ3v) is 7.00. The third kappa shape index (κ3) is 36.1. The van der Waals surface area contributed by atoms with Crippen LogP contribution in [0.5, 0.6) is 0 Å². The SMILES string of the molecule is CC(C)C[N-]CC(C)C.CC(C)C[N-]CC(C)C.CC(C)C[N-]CC(C)C.FC(F)(F)[SiH]([c-]1cccc1)C(F)(F)F.[Zr+4]. The van der Waals surface area contributed by atoms with Gasteiger partial charge in [0, 0.05) is 0 Å². The minimum Gasteiger partial charge on any atom is -0.662 e. The summed E-state index contributed by atoms with van der Waals surface area (Å²) >= 11 is 0. The molecule has 1 aromatic carbocycles. The summed E-state index contributed by atoms with van der Waals surface area (Å²) < 4.78 is 72.7. The summed E-state index contributed by atoms with van der Waals surface area (Å²) in [5.41, 5.74) is 0. The average Bonchev–Trinajstić information content (AvgIpc) is 3.25. The zero-order valence-electron chi connectivity index (χ0n) is 28.2. The van der Waals surface area contributed by atoms with Gasteiger partial charge in [-0.2, -0.15) is 38.5 Å². The Balaban J connectivity index is -0.000000233. The molecule has 1 aromatic rings. The van der Waals surface area contributed by atoms with Crippen LogP contribution < -0.4 is 5.19 Å². The van der Waals surface area contributed by atoms with Gasteiger partial charge in [-0.05, 0) is 0 Å². The molecule has 0 aliphatic heterocycles. The van der Waals surface area contributed by atoms with E-state index in [-0.39, 0.29) is 26.2 Å². The third-order valence-electron chi connectivity index (χ3n) is 4.64. The van der Waals surface area contributed by atoms with E-state index in [0.717, 1.165) is 86.9 Å². The maximum Gasteiger partial charge on any atom is 4.00 e. The summed E-state index contributed by atoms with van der Waals surface area (Å²) in [6.45, 7) is 32.5. The number of hydrogen-bond acceptors (Lipinski definition) is 0. The van der Waals surface area contributed by atoms with Crippen molar-refractivity contribution in [2.75, 3.05) is 39.3 Å². The molecule has 1 rings (SSSR count). The Hall–Kier alpha value is -0.0900. The van der Waals surface area contributed by atoms with E-state index < -0.39 is 25.6 Å². The van der Waals surface area contributed by atoms with Crippen molar-refractivity contribution in [1.82, 2.24) is 0 Å². The topological polar surface area (TPSA) is 42.3 Å². The van der Waals surface area contributed by atoms with E-state index >= 15 is 0 Å². The van der Waals surface area contributed by atoms with Crippen LogP contribution in [-0.2, 0) is 26.2 Å². The first kappa shape index (κ1) is 48.8. The van der Waals surface area contributed by atoms with Crippen molar-refractivity contribution in [3.05, 3.63) is 40.2 Å². The molecular formula is C31H59F6N3SiZr. The van der Waals surface area contributed by atoms with E-state index in [4.69, 9.17) is 0 Å². The van der Waals surface area contributed by atoms with Gasteiger partial charge in [-0.3, -0.25) is 0 Å². The number of rotatable bonds is 13. The van der Waals surface area contributed by atoms with Crippen molar-refractivity contribution in [2.45, 2.75) is 94.7 Å². The summed E-state index contributed by atoms with van der Waals surface area (Å²) in [5.74, 6) is -5.97. The van der Waals surface area contributed by atoms with Crippen LogP contribution in [0.25, 0.3) is 16.0 Å². The molecule has 248 valence electrons. The Kier molecular flexibility index (Phi) is 31.7. The normalized spacial score (nSPS) is 11.8. The molecular weight excluding hydrogens is 648 g/mol. The summed E-state index contributed by atoms with van der Waals surface area (Å²) in [7, 11) is -4.92. The molecule has 0 bridgehead atoms. The van der Waals surface area contributed by atoms with E-state index in [0.29, 0.717) is 0 Å². The first-order valence-electron chi connectivity index (χ1n) is 14.9. The zero-order chi connectivity index (χ0) is 32.8. The van der Waals surface area contributed by atoms with Crippen LogP contribution in [0, 0.1) is 35.5 Å². The molecule has 0 unspecified atom stereocenters. The van der Waals surface area contributed by atoms with Crippen molar-refractivity contribution in [2.24, 2.45) is 35.5 Å². The Morgan fingerprint density at radius 2 is 0.667 bits per heavy atom.